The zero-order valence-corrected chi connectivity index (χ0v) is 16.7. The van der Waals surface area contributed by atoms with E-state index in [1.807, 2.05) is 81.4 Å². The van der Waals surface area contributed by atoms with Crippen LogP contribution in [0.15, 0.2) is 65.1 Å². The van der Waals surface area contributed by atoms with Crippen LogP contribution in [0.5, 0.6) is 5.75 Å². The van der Waals surface area contributed by atoms with Crippen LogP contribution in [-0.2, 0) is 4.79 Å². The van der Waals surface area contributed by atoms with Gasteiger partial charge in [0, 0.05) is 0 Å². The molecule has 5 heteroatoms. The van der Waals surface area contributed by atoms with Crippen molar-refractivity contribution in [3.05, 3.63) is 77.4 Å². The summed E-state index contributed by atoms with van der Waals surface area (Å²) in [6.45, 7) is 5.86. The van der Waals surface area contributed by atoms with Crippen molar-refractivity contribution in [3.8, 4) is 17.2 Å². The number of hydrogen-bond donors (Lipinski definition) is 1. The summed E-state index contributed by atoms with van der Waals surface area (Å²) in [6, 6.07) is 19.2. The van der Waals surface area contributed by atoms with Gasteiger partial charge in [-0.05, 0) is 61.7 Å². The Morgan fingerprint density at radius 2 is 1.76 bits per heavy atom. The molecule has 1 amide bonds. The maximum absolute atomic E-state index is 12.5. The third-order valence-electron chi connectivity index (χ3n) is 4.73. The Labute approximate surface area is 169 Å². The summed E-state index contributed by atoms with van der Waals surface area (Å²) in [5.41, 5.74) is 5.97. The number of nitrogens with one attached hydrogen (secondary N) is 1. The van der Waals surface area contributed by atoms with Crippen molar-refractivity contribution in [1.82, 2.24) is 4.98 Å². The fraction of sp³-hybridized carbons (Fsp3) is 0.167. The Bertz CT molecular complexity index is 1170. The smallest absolute Gasteiger partial charge is 0.262 e. The van der Waals surface area contributed by atoms with Gasteiger partial charge in [0.1, 0.15) is 11.3 Å². The molecule has 0 radical (unpaired) electrons. The topological polar surface area (TPSA) is 64.4 Å². The summed E-state index contributed by atoms with van der Waals surface area (Å²) in [6.07, 6.45) is 0. The Kier molecular flexibility index (Phi) is 5.04. The highest BCUT2D eigenvalue weighted by Gasteiger charge is 2.15. The average molecular weight is 386 g/mol. The fourth-order valence-corrected chi connectivity index (χ4v) is 3.28. The number of carbonyl (C=O) groups is 1. The molecule has 0 saturated heterocycles. The van der Waals surface area contributed by atoms with E-state index in [2.05, 4.69) is 10.3 Å². The minimum Gasteiger partial charge on any atom is -0.483 e. The van der Waals surface area contributed by atoms with Crippen LogP contribution < -0.4 is 10.1 Å². The largest absolute Gasteiger partial charge is 0.483 e. The molecule has 4 aromatic rings. The summed E-state index contributed by atoms with van der Waals surface area (Å²) in [5, 5.41) is 2.91. The van der Waals surface area contributed by atoms with Gasteiger partial charge in [0.25, 0.3) is 5.91 Å². The highest BCUT2D eigenvalue weighted by molar-refractivity contribution is 5.96. The second-order valence-electron chi connectivity index (χ2n) is 7.09. The molecule has 0 aliphatic heterocycles. The van der Waals surface area contributed by atoms with Crippen LogP contribution in [0.2, 0.25) is 0 Å². The Morgan fingerprint density at radius 1 is 1.00 bits per heavy atom. The van der Waals surface area contributed by atoms with E-state index in [1.54, 1.807) is 0 Å². The van der Waals surface area contributed by atoms with E-state index < -0.39 is 0 Å². The standard InChI is InChI=1S/C24H22N2O3/c1-15-11-12-21-20(13-15)26-24(29-21)18-9-4-5-10-19(18)25-22(27)14-28-23-16(2)7-6-8-17(23)3/h4-13H,14H2,1-3H3,(H,25,27). The number of para-hydroxylation sites is 2. The lowest BCUT2D eigenvalue weighted by atomic mass is 10.1. The second-order valence-corrected chi connectivity index (χ2v) is 7.09. The minimum absolute atomic E-state index is 0.0766. The SMILES string of the molecule is Cc1ccc2oc(-c3ccccc3NC(=O)COc3c(C)cccc3C)nc2c1. The van der Waals surface area contributed by atoms with Gasteiger partial charge in [-0.3, -0.25) is 4.79 Å². The molecule has 0 saturated carbocycles. The maximum Gasteiger partial charge on any atom is 0.262 e. The summed E-state index contributed by atoms with van der Waals surface area (Å²) < 4.78 is 11.7. The first-order valence-electron chi connectivity index (χ1n) is 9.47. The van der Waals surface area contributed by atoms with Crippen molar-refractivity contribution in [3.63, 3.8) is 0 Å². The maximum atomic E-state index is 12.5. The molecule has 0 aliphatic carbocycles. The van der Waals surface area contributed by atoms with Gasteiger partial charge in [-0.2, -0.15) is 0 Å². The van der Waals surface area contributed by atoms with E-state index in [0.29, 0.717) is 17.2 Å². The summed E-state index contributed by atoms with van der Waals surface area (Å²) >= 11 is 0. The van der Waals surface area contributed by atoms with E-state index in [4.69, 9.17) is 9.15 Å². The van der Waals surface area contributed by atoms with Crippen molar-refractivity contribution in [1.29, 1.82) is 0 Å². The molecule has 0 bridgehead atoms. The van der Waals surface area contributed by atoms with Crippen LogP contribution in [-0.4, -0.2) is 17.5 Å². The van der Waals surface area contributed by atoms with Crippen LogP contribution in [0.3, 0.4) is 0 Å². The van der Waals surface area contributed by atoms with E-state index in [0.717, 1.165) is 33.5 Å². The lowest BCUT2D eigenvalue weighted by Gasteiger charge is -2.13. The first-order valence-corrected chi connectivity index (χ1v) is 9.47. The summed E-state index contributed by atoms with van der Waals surface area (Å²) in [4.78, 5) is 17.1. The molecule has 1 aromatic heterocycles. The Morgan fingerprint density at radius 3 is 2.55 bits per heavy atom. The molecule has 146 valence electrons. The van der Waals surface area contributed by atoms with Gasteiger partial charge in [0.2, 0.25) is 5.89 Å². The summed E-state index contributed by atoms with van der Waals surface area (Å²) in [7, 11) is 0. The minimum atomic E-state index is -0.243. The summed E-state index contributed by atoms with van der Waals surface area (Å²) in [5.74, 6) is 0.967. The molecular formula is C24H22N2O3. The van der Waals surface area contributed by atoms with Crippen molar-refractivity contribution in [2.24, 2.45) is 0 Å². The molecule has 1 heterocycles. The molecule has 1 N–H and O–H groups in total. The number of amides is 1. The van der Waals surface area contributed by atoms with Crippen LogP contribution in [0, 0.1) is 20.8 Å². The van der Waals surface area contributed by atoms with E-state index in [1.165, 1.54) is 0 Å². The van der Waals surface area contributed by atoms with Crippen molar-refractivity contribution < 1.29 is 13.9 Å². The molecule has 5 nitrogen and oxygen atoms in total. The molecule has 29 heavy (non-hydrogen) atoms. The van der Waals surface area contributed by atoms with E-state index in [9.17, 15) is 4.79 Å². The highest BCUT2D eigenvalue weighted by Crippen LogP contribution is 2.30. The number of aryl methyl sites for hydroxylation is 3. The van der Waals surface area contributed by atoms with Gasteiger partial charge in [0.05, 0.1) is 11.3 Å². The Hall–Kier alpha value is -3.60. The number of fused-ring (bicyclic) bond motifs is 1. The molecule has 0 unspecified atom stereocenters. The van der Waals surface area contributed by atoms with Gasteiger partial charge >= 0.3 is 0 Å². The monoisotopic (exact) mass is 386 g/mol. The quantitative estimate of drug-likeness (QED) is 0.496. The lowest BCUT2D eigenvalue weighted by Crippen LogP contribution is -2.21. The van der Waals surface area contributed by atoms with E-state index in [-0.39, 0.29) is 12.5 Å². The van der Waals surface area contributed by atoms with E-state index >= 15 is 0 Å². The fourth-order valence-electron chi connectivity index (χ4n) is 3.28. The van der Waals surface area contributed by atoms with Crippen LogP contribution in [0.1, 0.15) is 16.7 Å². The third kappa shape index (κ3) is 3.99. The van der Waals surface area contributed by atoms with Crippen LogP contribution in [0.4, 0.5) is 5.69 Å². The zero-order valence-electron chi connectivity index (χ0n) is 16.7. The van der Waals surface area contributed by atoms with Crippen LogP contribution >= 0.6 is 0 Å². The Balaban J connectivity index is 1.54. The predicted molar refractivity (Wildman–Crippen MR) is 114 cm³/mol. The van der Waals surface area contributed by atoms with Gasteiger partial charge in [-0.25, -0.2) is 4.98 Å². The van der Waals surface area contributed by atoms with Gasteiger partial charge in [-0.15, -0.1) is 0 Å². The number of aromatic nitrogens is 1. The first-order chi connectivity index (χ1) is 14.0. The van der Waals surface area contributed by atoms with Crippen molar-refractivity contribution in [2.75, 3.05) is 11.9 Å². The van der Waals surface area contributed by atoms with Crippen LogP contribution in [0.25, 0.3) is 22.6 Å². The number of ether oxygens (including phenoxy) is 1. The number of anilines is 1. The first kappa shape index (κ1) is 18.7. The number of benzene rings is 3. The molecule has 0 spiro atoms. The molecule has 3 aromatic carbocycles. The van der Waals surface area contributed by atoms with Crippen molar-refractivity contribution >= 4 is 22.7 Å². The van der Waals surface area contributed by atoms with Gasteiger partial charge in [-0.1, -0.05) is 36.4 Å². The number of oxazole rings is 1. The highest BCUT2D eigenvalue weighted by atomic mass is 16.5. The van der Waals surface area contributed by atoms with Gasteiger partial charge in [0.15, 0.2) is 12.2 Å². The number of nitrogens with zero attached hydrogens (tertiary/aromatic N) is 1. The lowest BCUT2D eigenvalue weighted by molar-refractivity contribution is -0.118. The average Bonchev–Trinajstić information content (AvgIpc) is 3.11. The molecule has 0 aliphatic rings. The number of hydrogen-bond acceptors (Lipinski definition) is 4. The predicted octanol–water partition coefficient (Wildman–Crippen LogP) is 5.44. The molecule has 4 rings (SSSR count). The van der Waals surface area contributed by atoms with Gasteiger partial charge < -0.3 is 14.5 Å². The third-order valence-corrected chi connectivity index (χ3v) is 4.73. The molecule has 0 atom stereocenters. The second kappa shape index (κ2) is 7.80. The number of rotatable bonds is 5. The normalized spacial score (nSPS) is 10.9. The zero-order chi connectivity index (χ0) is 20.4. The number of carbonyl (C=O) groups excluding carboxylic acids is 1. The van der Waals surface area contributed by atoms with Crippen molar-refractivity contribution in [2.45, 2.75) is 20.8 Å². The molecule has 0 fully saturated rings. The molecular weight excluding hydrogens is 364 g/mol.